The zero-order valence-corrected chi connectivity index (χ0v) is 20.1. The molecule has 2 aromatic heterocycles. The van der Waals surface area contributed by atoms with Gasteiger partial charge in [-0.2, -0.15) is 0 Å². The van der Waals surface area contributed by atoms with E-state index >= 15 is 0 Å². The van der Waals surface area contributed by atoms with Crippen molar-refractivity contribution in [1.29, 1.82) is 0 Å². The number of nitrogens with zero attached hydrogens (tertiary/aromatic N) is 5. The van der Waals surface area contributed by atoms with Gasteiger partial charge >= 0.3 is 5.97 Å². The Labute approximate surface area is 209 Å². The number of nitrogens with two attached hydrogens (primary N) is 1. The van der Waals surface area contributed by atoms with Gasteiger partial charge in [-0.05, 0) is 47.4 Å². The smallest absolute Gasteiger partial charge is 0.328 e. The number of nitrogens with one attached hydrogen (secondary N) is 1. The normalized spacial score (nSPS) is 13.7. The molecule has 0 saturated carbocycles. The first-order valence-corrected chi connectivity index (χ1v) is 11.7. The van der Waals surface area contributed by atoms with Crippen LogP contribution in [0.1, 0.15) is 16.7 Å². The number of anilines is 2. The second-order valence-electron chi connectivity index (χ2n) is 8.51. The first-order chi connectivity index (χ1) is 17.4. The summed E-state index contributed by atoms with van der Waals surface area (Å²) in [5.41, 5.74) is 9.97. The minimum atomic E-state index is -0.982. The Kier molecular flexibility index (Phi) is 7.86. The van der Waals surface area contributed by atoms with E-state index in [1.54, 1.807) is 12.3 Å². The maximum absolute atomic E-state index is 11.4. The molecule has 0 aliphatic carbocycles. The predicted molar refractivity (Wildman–Crippen MR) is 138 cm³/mol. The molecular weight excluding hydrogens is 458 g/mol. The predicted octanol–water partition coefficient (Wildman–Crippen LogP) is 1.85. The van der Waals surface area contributed by atoms with Crippen LogP contribution in [-0.4, -0.2) is 64.7 Å². The van der Waals surface area contributed by atoms with Crippen LogP contribution in [-0.2, 0) is 16.1 Å². The highest BCUT2D eigenvalue weighted by molar-refractivity contribution is 5.85. The van der Waals surface area contributed by atoms with E-state index in [2.05, 4.69) is 30.1 Å². The Morgan fingerprint density at radius 2 is 1.75 bits per heavy atom. The van der Waals surface area contributed by atoms with E-state index in [4.69, 9.17) is 10.8 Å². The Hall–Kier alpha value is -4.31. The highest BCUT2D eigenvalue weighted by Gasteiger charge is 2.21. The summed E-state index contributed by atoms with van der Waals surface area (Å²) in [6.07, 6.45) is 7.99. The molecular formula is C26H29N7O3. The van der Waals surface area contributed by atoms with Gasteiger partial charge in [0, 0.05) is 63.0 Å². The number of aromatic nitrogens is 3. The lowest BCUT2D eigenvalue weighted by atomic mass is 10.1. The number of hydrogen-bond acceptors (Lipinski definition) is 8. The number of carbonyl (C=O) groups excluding carboxylic acids is 1. The highest BCUT2D eigenvalue weighted by atomic mass is 16.4. The first kappa shape index (κ1) is 24.8. The van der Waals surface area contributed by atoms with Gasteiger partial charge in [0.15, 0.2) is 0 Å². The zero-order chi connectivity index (χ0) is 25.5. The molecule has 186 valence electrons. The molecule has 0 radical (unpaired) electrons. The minimum absolute atomic E-state index is 0.0299. The number of pyridine rings is 1. The quantitative estimate of drug-likeness (QED) is 0.406. The van der Waals surface area contributed by atoms with E-state index in [-0.39, 0.29) is 12.5 Å². The molecule has 10 nitrogen and oxygen atoms in total. The maximum atomic E-state index is 11.4. The number of carboxylic acids is 1. The largest absolute Gasteiger partial charge is 0.478 e. The third kappa shape index (κ3) is 6.22. The second-order valence-corrected chi connectivity index (χ2v) is 8.51. The van der Waals surface area contributed by atoms with Gasteiger partial charge in [0.25, 0.3) is 0 Å². The van der Waals surface area contributed by atoms with Gasteiger partial charge in [0.1, 0.15) is 5.82 Å². The summed E-state index contributed by atoms with van der Waals surface area (Å²) >= 11 is 0. The number of piperazine rings is 1. The summed E-state index contributed by atoms with van der Waals surface area (Å²) in [5.74, 6) is 0.415. The molecule has 36 heavy (non-hydrogen) atoms. The van der Waals surface area contributed by atoms with Crippen molar-refractivity contribution in [2.45, 2.75) is 13.5 Å². The van der Waals surface area contributed by atoms with Crippen LogP contribution in [0.2, 0.25) is 0 Å². The number of hydrogen-bond donors (Lipinski definition) is 3. The molecule has 1 aliphatic heterocycles. The van der Waals surface area contributed by atoms with E-state index in [1.807, 2.05) is 49.6 Å². The lowest BCUT2D eigenvalue weighted by Crippen LogP contribution is -2.47. The van der Waals surface area contributed by atoms with Crippen LogP contribution in [0.15, 0.2) is 55.0 Å². The fourth-order valence-corrected chi connectivity index (χ4v) is 4.06. The molecule has 0 unspecified atom stereocenters. The Balaban J connectivity index is 1.36. The molecule has 0 spiro atoms. The molecule has 10 heteroatoms. The average molecular weight is 488 g/mol. The maximum Gasteiger partial charge on any atom is 0.328 e. The summed E-state index contributed by atoms with van der Waals surface area (Å²) in [4.78, 5) is 40.3. The topological polar surface area (TPSA) is 138 Å². The number of amides is 1. The van der Waals surface area contributed by atoms with Crippen molar-refractivity contribution in [3.8, 4) is 11.1 Å². The van der Waals surface area contributed by atoms with E-state index in [0.717, 1.165) is 65.9 Å². The van der Waals surface area contributed by atoms with Gasteiger partial charge in [-0.1, -0.05) is 18.2 Å². The molecule has 0 atom stereocenters. The standard InChI is InChI=1S/C26H29N7O3/c1-18-11-20(5-6-24(35)36)15-29-25(18)32-7-9-33(10-8-32)26-30-16-22(17-31-26)21-4-2-3-19(12-21)14-28-23(34)13-27/h2-6,11-12,15-17H,7-10,13-14,27H2,1H3,(H,28,34)(H,35,36)/b6-5+. The summed E-state index contributed by atoms with van der Waals surface area (Å²) in [6, 6.07) is 9.83. The molecule has 4 rings (SSSR count). The number of aliphatic carboxylic acids is 1. The Bertz CT molecular complexity index is 1250. The molecule has 1 saturated heterocycles. The van der Waals surface area contributed by atoms with Crippen molar-refractivity contribution in [3.05, 3.63) is 71.7 Å². The van der Waals surface area contributed by atoms with Crippen molar-refractivity contribution in [2.24, 2.45) is 5.73 Å². The van der Waals surface area contributed by atoms with Gasteiger partial charge in [-0.15, -0.1) is 0 Å². The van der Waals surface area contributed by atoms with Crippen LogP contribution < -0.4 is 20.9 Å². The Morgan fingerprint density at radius 1 is 1.03 bits per heavy atom. The number of carboxylic acid groups (broad SMARTS) is 1. The van der Waals surface area contributed by atoms with Gasteiger partial charge < -0.3 is 26.0 Å². The van der Waals surface area contributed by atoms with E-state index in [9.17, 15) is 9.59 Å². The average Bonchev–Trinajstić information content (AvgIpc) is 2.91. The van der Waals surface area contributed by atoms with Crippen LogP contribution >= 0.6 is 0 Å². The van der Waals surface area contributed by atoms with E-state index in [0.29, 0.717) is 12.5 Å². The summed E-state index contributed by atoms with van der Waals surface area (Å²) < 4.78 is 0. The summed E-state index contributed by atoms with van der Waals surface area (Å²) in [6.45, 7) is 5.45. The van der Waals surface area contributed by atoms with Gasteiger partial charge in [-0.25, -0.2) is 19.7 Å². The van der Waals surface area contributed by atoms with Crippen molar-refractivity contribution in [3.63, 3.8) is 0 Å². The van der Waals surface area contributed by atoms with E-state index in [1.165, 1.54) is 0 Å². The molecule has 1 aromatic carbocycles. The van der Waals surface area contributed by atoms with Crippen molar-refractivity contribution in [1.82, 2.24) is 20.3 Å². The lowest BCUT2D eigenvalue weighted by molar-refractivity contribution is -0.131. The first-order valence-electron chi connectivity index (χ1n) is 11.7. The van der Waals surface area contributed by atoms with Crippen LogP contribution in [0.5, 0.6) is 0 Å². The molecule has 4 N–H and O–H groups in total. The lowest BCUT2D eigenvalue weighted by Gasteiger charge is -2.36. The SMILES string of the molecule is Cc1cc(/C=C/C(=O)O)cnc1N1CCN(c2ncc(-c3cccc(CNC(=O)CN)c3)cn2)CC1. The van der Waals surface area contributed by atoms with Crippen molar-refractivity contribution < 1.29 is 14.7 Å². The minimum Gasteiger partial charge on any atom is -0.478 e. The highest BCUT2D eigenvalue weighted by Crippen LogP contribution is 2.23. The van der Waals surface area contributed by atoms with Gasteiger partial charge in [-0.3, -0.25) is 4.79 Å². The number of benzene rings is 1. The monoisotopic (exact) mass is 487 g/mol. The number of rotatable bonds is 8. The third-order valence-corrected chi connectivity index (χ3v) is 5.93. The molecule has 3 aromatic rings. The van der Waals surface area contributed by atoms with Crippen LogP contribution in [0.25, 0.3) is 17.2 Å². The van der Waals surface area contributed by atoms with Crippen molar-refractivity contribution in [2.75, 3.05) is 42.5 Å². The number of carbonyl (C=O) groups is 2. The summed E-state index contributed by atoms with van der Waals surface area (Å²) in [5, 5.41) is 11.6. The zero-order valence-electron chi connectivity index (χ0n) is 20.1. The summed E-state index contributed by atoms with van der Waals surface area (Å²) in [7, 11) is 0. The molecule has 0 bridgehead atoms. The third-order valence-electron chi connectivity index (χ3n) is 5.93. The van der Waals surface area contributed by atoms with Crippen molar-refractivity contribution >= 4 is 29.7 Å². The van der Waals surface area contributed by atoms with Crippen LogP contribution in [0.4, 0.5) is 11.8 Å². The molecule has 1 fully saturated rings. The Morgan fingerprint density at radius 3 is 2.42 bits per heavy atom. The number of aryl methyl sites for hydroxylation is 1. The van der Waals surface area contributed by atoms with Crippen LogP contribution in [0, 0.1) is 6.92 Å². The van der Waals surface area contributed by atoms with Gasteiger partial charge in [0.2, 0.25) is 11.9 Å². The van der Waals surface area contributed by atoms with E-state index < -0.39 is 5.97 Å². The fourth-order valence-electron chi connectivity index (χ4n) is 4.06. The molecule has 3 heterocycles. The molecule has 1 amide bonds. The fraction of sp³-hybridized carbons (Fsp3) is 0.269. The molecule has 1 aliphatic rings. The van der Waals surface area contributed by atoms with Gasteiger partial charge in [0.05, 0.1) is 6.54 Å². The van der Waals surface area contributed by atoms with Crippen LogP contribution in [0.3, 0.4) is 0 Å². The second kappa shape index (κ2) is 11.4.